The Morgan fingerprint density at radius 1 is 1.18 bits per heavy atom. The van der Waals surface area contributed by atoms with Gasteiger partial charge < -0.3 is 15.5 Å². The number of nitrogens with two attached hydrogens (primary N) is 1. The summed E-state index contributed by atoms with van der Waals surface area (Å²) in [6.07, 6.45) is 0. The van der Waals surface area contributed by atoms with Gasteiger partial charge in [0, 0.05) is 25.2 Å². The maximum absolute atomic E-state index is 11.7. The van der Waals surface area contributed by atoms with E-state index in [0.29, 0.717) is 17.8 Å². The van der Waals surface area contributed by atoms with Gasteiger partial charge in [-0.1, -0.05) is 0 Å². The Morgan fingerprint density at radius 2 is 1.82 bits per heavy atom. The highest BCUT2D eigenvalue weighted by atomic mass is 35.5. The lowest BCUT2D eigenvalue weighted by atomic mass is 10.1. The highest BCUT2D eigenvalue weighted by molar-refractivity contribution is 5.98. The summed E-state index contributed by atoms with van der Waals surface area (Å²) in [7, 11) is 0. The van der Waals surface area contributed by atoms with Crippen molar-refractivity contribution in [3.05, 3.63) is 23.8 Å². The highest BCUT2D eigenvalue weighted by Gasteiger charge is 2.14. The monoisotopic (exact) mass is 329 g/mol. The van der Waals surface area contributed by atoms with Crippen molar-refractivity contribution in [2.24, 2.45) is 5.84 Å². The fourth-order valence-corrected chi connectivity index (χ4v) is 2.01. The Labute approximate surface area is 137 Å². The van der Waals surface area contributed by atoms with Crippen LogP contribution in [0, 0.1) is 0 Å². The first-order chi connectivity index (χ1) is 10.1. The molecule has 0 saturated heterocycles. The molecule has 0 aliphatic heterocycles. The average molecular weight is 330 g/mol. The van der Waals surface area contributed by atoms with Crippen LogP contribution in [0.4, 0.5) is 16.2 Å². The molecular formula is C14H24ClN5O2. The minimum Gasteiger partial charge on any atom is -0.370 e. The third kappa shape index (κ3) is 5.09. The summed E-state index contributed by atoms with van der Waals surface area (Å²) in [5.41, 5.74) is 3.99. The van der Waals surface area contributed by atoms with Gasteiger partial charge in [0.05, 0.1) is 11.4 Å². The molecule has 22 heavy (non-hydrogen) atoms. The van der Waals surface area contributed by atoms with Crippen LogP contribution in [0.5, 0.6) is 0 Å². The molecule has 0 saturated carbocycles. The van der Waals surface area contributed by atoms with Crippen molar-refractivity contribution >= 4 is 35.7 Å². The van der Waals surface area contributed by atoms with E-state index in [0.717, 1.165) is 18.8 Å². The van der Waals surface area contributed by atoms with Gasteiger partial charge >= 0.3 is 6.03 Å². The number of carbonyl (C=O) groups excluding carboxylic acids is 2. The number of nitrogen functional groups attached to an aromatic ring is 1. The molecule has 8 heteroatoms. The van der Waals surface area contributed by atoms with E-state index < -0.39 is 0 Å². The zero-order valence-corrected chi connectivity index (χ0v) is 13.9. The summed E-state index contributed by atoms with van der Waals surface area (Å²) in [6.45, 7) is 7.92. The van der Waals surface area contributed by atoms with Crippen LogP contribution >= 0.6 is 12.4 Å². The van der Waals surface area contributed by atoms with Crippen LogP contribution in [0.2, 0.25) is 0 Å². The lowest BCUT2D eigenvalue weighted by Crippen LogP contribution is -2.32. The zero-order valence-electron chi connectivity index (χ0n) is 13.1. The minimum absolute atomic E-state index is 0. The van der Waals surface area contributed by atoms with Crippen molar-refractivity contribution in [2.75, 3.05) is 29.9 Å². The van der Waals surface area contributed by atoms with E-state index in [1.807, 2.05) is 20.8 Å². The van der Waals surface area contributed by atoms with Gasteiger partial charge in [-0.25, -0.2) is 10.6 Å². The maximum atomic E-state index is 11.7. The molecule has 0 aliphatic rings. The lowest BCUT2D eigenvalue weighted by molar-refractivity contribution is 0.0953. The SMILES string of the molecule is CCNC(=O)Nc1ccc(C(=O)NN)cc1N(CC)CC.Cl. The molecule has 124 valence electrons. The number of halogens is 1. The Morgan fingerprint density at radius 3 is 2.32 bits per heavy atom. The molecule has 1 aromatic carbocycles. The van der Waals surface area contributed by atoms with Gasteiger partial charge in [-0.05, 0) is 39.0 Å². The number of hydrogen-bond acceptors (Lipinski definition) is 4. The van der Waals surface area contributed by atoms with Crippen molar-refractivity contribution in [1.82, 2.24) is 10.7 Å². The molecule has 0 fully saturated rings. The van der Waals surface area contributed by atoms with E-state index in [-0.39, 0.29) is 24.3 Å². The fourth-order valence-electron chi connectivity index (χ4n) is 2.01. The summed E-state index contributed by atoms with van der Waals surface area (Å²) in [4.78, 5) is 25.4. The van der Waals surface area contributed by atoms with Crippen LogP contribution in [0.3, 0.4) is 0 Å². The Bertz CT molecular complexity index is 506. The third-order valence-corrected chi connectivity index (χ3v) is 3.08. The van der Waals surface area contributed by atoms with Crippen LogP contribution in [0.25, 0.3) is 0 Å². The smallest absolute Gasteiger partial charge is 0.319 e. The predicted octanol–water partition coefficient (Wildman–Crippen LogP) is 1.70. The van der Waals surface area contributed by atoms with Gasteiger partial charge in [0.15, 0.2) is 0 Å². The van der Waals surface area contributed by atoms with Gasteiger partial charge in [-0.3, -0.25) is 10.2 Å². The van der Waals surface area contributed by atoms with Gasteiger partial charge in [-0.15, -0.1) is 12.4 Å². The number of urea groups is 1. The van der Waals surface area contributed by atoms with Crippen LogP contribution < -0.4 is 26.8 Å². The van der Waals surface area contributed by atoms with E-state index in [1.165, 1.54) is 0 Å². The zero-order chi connectivity index (χ0) is 15.8. The van der Waals surface area contributed by atoms with Gasteiger partial charge in [-0.2, -0.15) is 0 Å². The molecule has 0 heterocycles. The topological polar surface area (TPSA) is 99.5 Å². The second kappa shape index (κ2) is 9.86. The minimum atomic E-state index is -0.368. The molecule has 3 amide bonds. The van der Waals surface area contributed by atoms with Crippen LogP contribution in [-0.2, 0) is 0 Å². The first-order valence-electron chi connectivity index (χ1n) is 7.02. The Balaban J connectivity index is 0.00000441. The number of anilines is 2. The number of benzene rings is 1. The number of hydrogen-bond donors (Lipinski definition) is 4. The maximum Gasteiger partial charge on any atom is 0.319 e. The van der Waals surface area contributed by atoms with E-state index in [2.05, 4.69) is 21.0 Å². The van der Waals surface area contributed by atoms with Crippen molar-refractivity contribution < 1.29 is 9.59 Å². The molecule has 5 N–H and O–H groups in total. The molecular weight excluding hydrogens is 306 g/mol. The molecule has 0 unspecified atom stereocenters. The second-order valence-corrected chi connectivity index (χ2v) is 4.36. The fraction of sp³-hybridized carbons (Fsp3) is 0.429. The lowest BCUT2D eigenvalue weighted by Gasteiger charge is -2.25. The van der Waals surface area contributed by atoms with Crippen molar-refractivity contribution in [3.63, 3.8) is 0 Å². The normalized spacial score (nSPS) is 9.45. The van der Waals surface area contributed by atoms with Crippen molar-refractivity contribution in [2.45, 2.75) is 20.8 Å². The first kappa shape index (κ1) is 20.0. The predicted molar refractivity (Wildman–Crippen MR) is 91.6 cm³/mol. The number of hydrazine groups is 1. The highest BCUT2D eigenvalue weighted by Crippen LogP contribution is 2.27. The largest absolute Gasteiger partial charge is 0.370 e. The molecule has 0 radical (unpaired) electrons. The molecule has 1 rings (SSSR count). The number of carbonyl (C=O) groups is 2. The Kier molecular flexibility index (Phi) is 8.97. The molecule has 0 bridgehead atoms. The number of nitrogens with zero attached hydrogens (tertiary/aromatic N) is 1. The Hall–Kier alpha value is -1.99. The van der Waals surface area contributed by atoms with E-state index in [4.69, 9.17) is 5.84 Å². The molecule has 0 atom stereocenters. The van der Waals surface area contributed by atoms with Crippen molar-refractivity contribution in [3.8, 4) is 0 Å². The van der Waals surface area contributed by atoms with Gasteiger partial charge in [0.1, 0.15) is 0 Å². The second-order valence-electron chi connectivity index (χ2n) is 4.36. The number of nitrogens with one attached hydrogen (secondary N) is 3. The van der Waals surface area contributed by atoms with E-state index in [1.54, 1.807) is 18.2 Å². The molecule has 7 nitrogen and oxygen atoms in total. The summed E-state index contributed by atoms with van der Waals surface area (Å²) in [6, 6.07) is 4.77. The van der Waals surface area contributed by atoms with Crippen LogP contribution in [0.15, 0.2) is 18.2 Å². The van der Waals surface area contributed by atoms with E-state index >= 15 is 0 Å². The molecule has 1 aromatic rings. The number of rotatable bonds is 6. The molecule has 0 spiro atoms. The summed E-state index contributed by atoms with van der Waals surface area (Å²) >= 11 is 0. The van der Waals surface area contributed by atoms with Gasteiger partial charge in [0.2, 0.25) is 0 Å². The van der Waals surface area contributed by atoms with Crippen molar-refractivity contribution in [1.29, 1.82) is 0 Å². The first-order valence-corrected chi connectivity index (χ1v) is 7.02. The average Bonchev–Trinajstić information content (AvgIpc) is 2.49. The summed E-state index contributed by atoms with van der Waals surface area (Å²) in [5, 5.41) is 5.47. The van der Waals surface area contributed by atoms with Crippen LogP contribution in [-0.4, -0.2) is 31.6 Å². The van der Waals surface area contributed by atoms with Crippen LogP contribution in [0.1, 0.15) is 31.1 Å². The summed E-state index contributed by atoms with van der Waals surface area (Å²) in [5.74, 6) is 4.79. The summed E-state index contributed by atoms with van der Waals surface area (Å²) < 4.78 is 0. The molecule has 0 aliphatic carbocycles. The standard InChI is InChI=1S/C14H23N5O2.ClH/c1-4-16-14(21)17-11-8-7-10(13(20)18-15)9-12(11)19(5-2)6-3;/h7-9H,4-6,15H2,1-3H3,(H,18,20)(H2,16,17,21);1H. The number of amides is 3. The van der Waals surface area contributed by atoms with Gasteiger partial charge in [0.25, 0.3) is 5.91 Å². The van der Waals surface area contributed by atoms with E-state index in [9.17, 15) is 9.59 Å². The quantitative estimate of drug-likeness (QED) is 0.362. The third-order valence-electron chi connectivity index (χ3n) is 3.08. The molecule has 0 aromatic heterocycles.